The van der Waals surface area contributed by atoms with Gasteiger partial charge in [0, 0.05) is 18.8 Å². The number of nitrogens with zero attached hydrogens (tertiary/aromatic N) is 3. The van der Waals surface area contributed by atoms with Crippen molar-refractivity contribution in [3.8, 4) is 0 Å². The van der Waals surface area contributed by atoms with Gasteiger partial charge in [0.15, 0.2) is 11.8 Å². The number of aliphatic hydroxyl groups is 1. The fourth-order valence-corrected chi connectivity index (χ4v) is 4.97. The molecule has 8 nitrogen and oxygen atoms in total. The number of ether oxygens (including phenoxy) is 1. The quantitative estimate of drug-likeness (QED) is 0.122. The summed E-state index contributed by atoms with van der Waals surface area (Å²) >= 11 is 0. The number of nitrogens with one attached hydrogen (secondary N) is 2. The van der Waals surface area contributed by atoms with Gasteiger partial charge in [-0.3, -0.25) is 26.2 Å². The summed E-state index contributed by atoms with van der Waals surface area (Å²) in [5.74, 6) is -3.12. The molecule has 2 heterocycles. The fraction of sp³-hybridized carbons (Fsp3) is 0.857. The average Bonchev–Trinajstić information content (AvgIpc) is 2.83. The van der Waals surface area contributed by atoms with Crippen molar-refractivity contribution in [1.29, 1.82) is 5.41 Å². The predicted octanol–water partition coefficient (Wildman–Crippen LogP) is 3.06. The lowest BCUT2D eigenvalue weighted by molar-refractivity contribution is -0.198. The molecule has 0 bridgehead atoms. The smallest absolute Gasteiger partial charge is 0.393 e. The highest BCUT2D eigenvalue weighted by Crippen LogP contribution is 2.46. The highest BCUT2D eigenvalue weighted by atomic mass is 19.4. The summed E-state index contributed by atoms with van der Waals surface area (Å²) in [5, 5.41) is 19.1. The Morgan fingerprint density at radius 1 is 1.08 bits per heavy atom. The first-order valence-corrected chi connectivity index (χ1v) is 11.8. The van der Waals surface area contributed by atoms with Gasteiger partial charge in [0.25, 0.3) is 0 Å². The molecule has 1 fully saturated rings. The minimum absolute atomic E-state index is 0.154. The van der Waals surface area contributed by atoms with E-state index >= 15 is 8.78 Å². The number of hydrazine groups is 2. The molecular formula is C21H30F8N6O2. The Morgan fingerprint density at radius 3 is 2.30 bits per heavy atom. The summed E-state index contributed by atoms with van der Waals surface area (Å²) < 4.78 is 118. The Labute approximate surface area is 207 Å². The summed E-state index contributed by atoms with van der Waals surface area (Å²) in [6, 6.07) is 0. The van der Waals surface area contributed by atoms with Crippen LogP contribution in [0.1, 0.15) is 38.5 Å². The molecule has 7 unspecified atom stereocenters. The van der Waals surface area contributed by atoms with E-state index in [2.05, 4.69) is 9.98 Å². The van der Waals surface area contributed by atoms with Crippen molar-refractivity contribution in [3.63, 3.8) is 0 Å². The summed E-state index contributed by atoms with van der Waals surface area (Å²) in [4.78, 5) is 7.32. The second-order valence-corrected chi connectivity index (χ2v) is 9.60. The zero-order valence-corrected chi connectivity index (χ0v) is 19.7. The third-order valence-electron chi connectivity index (χ3n) is 7.13. The predicted molar refractivity (Wildman–Crippen MR) is 118 cm³/mol. The molecule has 7 atom stereocenters. The molecule has 0 spiro atoms. The normalized spacial score (nSPS) is 33.1. The third kappa shape index (κ3) is 6.33. The zero-order chi connectivity index (χ0) is 27.6. The van der Waals surface area contributed by atoms with Crippen LogP contribution in [0.2, 0.25) is 0 Å². The van der Waals surface area contributed by atoms with Gasteiger partial charge in [-0.1, -0.05) is 0 Å². The topological polar surface area (TPSA) is 119 Å². The van der Waals surface area contributed by atoms with Crippen molar-refractivity contribution < 1.29 is 45.0 Å². The van der Waals surface area contributed by atoms with E-state index in [4.69, 9.17) is 16.0 Å². The van der Waals surface area contributed by atoms with Crippen LogP contribution in [-0.4, -0.2) is 90.0 Å². The summed E-state index contributed by atoms with van der Waals surface area (Å²) in [7, 11) is 0. The average molecular weight is 550 g/mol. The van der Waals surface area contributed by atoms with Gasteiger partial charge in [0.2, 0.25) is 5.90 Å². The first-order valence-electron chi connectivity index (χ1n) is 11.8. The Balaban J connectivity index is 1.77. The molecule has 3 aliphatic rings. The number of rotatable bonds is 8. The van der Waals surface area contributed by atoms with Crippen molar-refractivity contribution in [3.05, 3.63) is 0 Å². The molecule has 1 aliphatic carbocycles. The largest absolute Gasteiger partial charge is 0.474 e. The molecule has 2 aliphatic heterocycles. The molecule has 0 aromatic carbocycles. The van der Waals surface area contributed by atoms with E-state index in [1.54, 1.807) is 0 Å². The van der Waals surface area contributed by atoms with Crippen LogP contribution in [0.3, 0.4) is 0 Å². The maximum atomic E-state index is 15.8. The lowest BCUT2D eigenvalue weighted by atomic mass is 9.70. The maximum absolute atomic E-state index is 15.8. The lowest BCUT2D eigenvalue weighted by Crippen LogP contribution is -2.67. The van der Waals surface area contributed by atoms with Crippen LogP contribution < -0.4 is 11.4 Å². The molecular weight excluding hydrogens is 520 g/mol. The zero-order valence-electron chi connectivity index (χ0n) is 19.7. The highest BCUT2D eigenvalue weighted by Gasteiger charge is 2.63. The van der Waals surface area contributed by atoms with E-state index in [-0.39, 0.29) is 19.3 Å². The van der Waals surface area contributed by atoms with Crippen LogP contribution in [0, 0.1) is 17.2 Å². The van der Waals surface area contributed by atoms with Crippen LogP contribution in [0.25, 0.3) is 0 Å². The van der Waals surface area contributed by atoms with Gasteiger partial charge in [0.1, 0.15) is 18.4 Å². The summed E-state index contributed by atoms with van der Waals surface area (Å²) in [5.41, 5.74) is -2.00. The number of alkyl halides is 8. The van der Waals surface area contributed by atoms with E-state index in [1.807, 2.05) is 5.53 Å². The van der Waals surface area contributed by atoms with Crippen molar-refractivity contribution in [2.45, 2.75) is 80.8 Å². The Kier molecular flexibility index (Phi) is 9.05. The van der Waals surface area contributed by atoms with Gasteiger partial charge in [0.05, 0.1) is 37.6 Å². The maximum Gasteiger partial charge on any atom is 0.393 e. The Morgan fingerprint density at radius 2 is 1.78 bits per heavy atom. The minimum atomic E-state index is -4.61. The van der Waals surface area contributed by atoms with E-state index in [0.717, 1.165) is 0 Å². The lowest BCUT2D eigenvalue weighted by Gasteiger charge is -2.47. The van der Waals surface area contributed by atoms with Crippen LogP contribution in [0.15, 0.2) is 9.98 Å². The van der Waals surface area contributed by atoms with Crippen LogP contribution in [0.4, 0.5) is 35.1 Å². The Bertz CT molecular complexity index is 874. The second-order valence-electron chi connectivity index (χ2n) is 9.60. The highest BCUT2D eigenvalue weighted by molar-refractivity contribution is 5.93. The molecule has 0 saturated heterocycles. The van der Waals surface area contributed by atoms with Crippen molar-refractivity contribution in [2.75, 3.05) is 19.6 Å². The fourth-order valence-electron chi connectivity index (χ4n) is 4.97. The minimum Gasteiger partial charge on any atom is -0.474 e. The van der Waals surface area contributed by atoms with Crippen molar-refractivity contribution in [2.24, 2.45) is 27.7 Å². The molecule has 0 aromatic rings. The van der Waals surface area contributed by atoms with Crippen molar-refractivity contribution in [1.82, 2.24) is 10.5 Å². The van der Waals surface area contributed by atoms with Gasteiger partial charge in [-0.15, -0.1) is 0 Å². The molecule has 212 valence electrons. The number of nitrogens with two attached hydrogens (primary N) is 1. The van der Waals surface area contributed by atoms with E-state index < -0.39 is 105 Å². The number of hydrogen-bond acceptors (Lipinski definition) is 7. The molecule has 1 saturated carbocycles. The van der Waals surface area contributed by atoms with Gasteiger partial charge in [-0.25, -0.2) is 13.2 Å². The SMILES string of the molecule is N=CN(CC(O)(C1CCC(F)CC1F)C(F)(F)C1=NCC(OC2=NCC(C(F)(F)F)CC2F)CC1)NN. The van der Waals surface area contributed by atoms with Gasteiger partial charge in [-0.05, 0) is 25.7 Å². The number of aliphatic imine (C=N–C) groups is 2. The molecule has 3 rings (SSSR count). The summed E-state index contributed by atoms with van der Waals surface area (Å²) in [6.45, 7) is -2.16. The van der Waals surface area contributed by atoms with Crippen LogP contribution in [-0.2, 0) is 4.74 Å². The number of halogens is 8. The molecule has 0 amide bonds. The Hall–Kier alpha value is -2.07. The first-order chi connectivity index (χ1) is 17.2. The van der Waals surface area contributed by atoms with Gasteiger partial charge in [-0.2, -0.15) is 27.5 Å². The molecule has 5 N–H and O–H groups in total. The monoisotopic (exact) mass is 550 g/mol. The van der Waals surface area contributed by atoms with Gasteiger partial charge < -0.3 is 9.84 Å². The molecule has 0 radical (unpaired) electrons. The standard InChI is InChI=1S/C21H30F8N6O2/c22-12-1-3-14(15(23)6-12)19(36,9-35(10-30)34-31)20(25,26)17-4-2-13(8-32-17)37-18-16(24)5-11(7-33-18)21(27,28)29/h10-16,30,34,36H,1-9,31H2. The summed E-state index contributed by atoms with van der Waals surface area (Å²) in [6.07, 6.45) is -13.6. The van der Waals surface area contributed by atoms with E-state index in [9.17, 15) is 31.4 Å². The second kappa shape index (κ2) is 11.4. The van der Waals surface area contributed by atoms with E-state index in [0.29, 0.717) is 11.3 Å². The van der Waals surface area contributed by atoms with Crippen molar-refractivity contribution >= 4 is 17.9 Å². The number of hydrogen-bond donors (Lipinski definition) is 4. The molecule has 0 aromatic heterocycles. The molecule has 16 heteroatoms. The first kappa shape index (κ1) is 29.5. The van der Waals surface area contributed by atoms with Gasteiger partial charge >= 0.3 is 12.1 Å². The van der Waals surface area contributed by atoms with Crippen LogP contribution >= 0.6 is 0 Å². The molecule has 37 heavy (non-hydrogen) atoms. The third-order valence-corrected chi connectivity index (χ3v) is 7.13. The van der Waals surface area contributed by atoms with Crippen LogP contribution in [0.5, 0.6) is 0 Å². The van der Waals surface area contributed by atoms with E-state index in [1.165, 1.54) is 0 Å².